The molecule has 0 aliphatic carbocycles. The largest absolute Gasteiger partial charge is 0.493 e. The molecular formula is C14H19BrF3NO. The van der Waals surface area contributed by atoms with Crippen LogP contribution in [-0.4, -0.2) is 19.3 Å². The molecule has 1 aromatic rings. The standard InChI is InChI=1S/C14H19BrF3NO/c1-3-7-19-10(2)12-5-4-11(15)9-13(12)20-8-6-14(16,17)18/h4-5,9-10,19H,3,6-8H2,1-2H3. The average Bonchev–Trinajstić information content (AvgIpc) is 2.34. The maximum Gasteiger partial charge on any atom is 0.392 e. The molecule has 0 aromatic heterocycles. The van der Waals surface area contributed by atoms with Gasteiger partial charge in [-0.15, -0.1) is 0 Å². The van der Waals surface area contributed by atoms with E-state index in [1.807, 2.05) is 19.1 Å². The van der Waals surface area contributed by atoms with Crippen molar-refractivity contribution < 1.29 is 17.9 Å². The number of benzene rings is 1. The van der Waals surface area contributed by atoms with Crippen LogP contribution in [0.1, 0.15) is 38.3 Å². The van der Waals surface area contributed by atoms with E-state index in [1.165, 1.54) is 0 Å². The SMILES string of the molecule is CCCNC(C)c1ccc(Br)cc1OCCC(F)(F)F. The Morgan fingerprint density at radius 3 is 2.65 bits per heavy atom. The Labute approximate surface area is 125 Å². The first-order chi connectivity index (χ1) is 9.33. The molecule has 20 heavy (non-hydrogen) atoms. The molecule has 1 rings (SSSR count). The van der Waals surface area contributed by atoms with E-state index in [1.54, 1.807) is 6.07 Å². The summed E-state index contributed by atoms with van der Waals surface area (Å²) >= 11 is 3.31. The Hall–Kier alpha value is -0.750. The van der Waals surface area contributed by atoms with Crippen molar-refractivity contribution in [1.82, 2.24) is 5.32 Å². The number of alkyl halides is 3. The first-order valence-corrected chi connectivity index (χ1v) is 7.35. The van der Waals surface area contributed by atoms with Crippen LogP contribution in [0.5, 0.6) is 5.75 Å². The van der Waals surface area contributed by atoms with Gasteiger partial charge in [-0.25, -0.2) is 0 Å². The van der Waals surface area contributed by atoms with Crippen LogP contribution in [0.2, 0.25) is 0 Å². The van der Waals surface area contributed by atoms with Crippen molar-refractivity contribution in [3.63, 3.8) is 0 Å². The van der Waals surface area contributed by atoms with Crippen LogP contribution in [0.4, 0.5) is 13.2 Å². The Bertz CT molecular complexity index is 423. The maximum atomic E-state index is 12.2. The molecule has 2 nitrogen and oxygen atoms in total. The predicted octanol–water partition coefficient (Wildman–Crippen LogP) is 4.84. The van der Waals surface area contributed by atoms with Crippen LogP contribution in [0.3, 0.4) is 0 Å². The second-order valence-corrected chi connectivity index (χ2v) is 5.49. The molecule has 1 N–H and O–H groups in total. The molecule has 0 radical (unpaired) electrons. The third-order valence-corrected chi connectivity index (χ3v) is 3.28. The van der Waals surface area contributed by atoms with Crippen molar-refractivity contribution >= 4 is 15.9 Å². The van der Waals surface area contributed by atoms with Crippen LogP contribution in [0.15, 0.2) is 22.7 Å². The Balaban J connectivity index is 2.74. The average molecular weight is 354 g/mol. The van der Waals surface area contributed by atoms with Gasteiger partial charge in [0.1, 0.15) is 5.75 Å². The quantitative estimate of drug-likeness (QED) is 0.757. The number of halogens is 4. The Morgan fingerprint density at radius 1 is 1.35 bits per heavy atom. The van der Waals surface area contributed by atoms with E-state index in [9.17, 15) is 13.2 Å². The van der Waals surface area contributed by atoms with E-state index >= 15 is 0 Å². The van der Waals surface area contributed by atoms with Gasteiger partial charge in [0.15, 0.2) is 0 Å². The van der Waals surface area contributed by atoms with Gasteiger partial charge < -0.3 is 10.1 Å². The van der Waals surface area contributed by atoms with Gasteiger partial charge in [0, 0.05) is 16.1 Å². The minimum absolute atomic E-state index is 0.0314. The molecule has 0 aliphatic heterocycles. The molecule has 0 fully saturated rings. The van der Waals surface area contributed by atoms with Crippen LogP contribution < -0.4 is 10.1 Å². The maximum absolute atomic E-state index is 12.2. The van der Waals surface area contributed by atoms with Crippen molar-refractivity contribution in [2.75, 3.05) is 13.2 Å². The molecule has 0 heterocycles. The molecule has 1 aromatic carbocycles. The minimum Gasteiger partial charge on any atom is -0.493 e. The third-order valence-electron chi connectivity index (χ3n) is 2.79. The van der Waals surface area contributed by atoms with Gasteiger partial charge in [0.25, 0.3) is 0 Å². The lowest BCUT2D eigenvalue weighted by Gasteiger charge is -2.19. The van der Waals surface area contributed by atoms with E-state index in [4.69, 9.17) is 4.74 Å². The monoisotopic (exact) mass is 353 g/mol. The van der Waals surface area contributed by atoms with Gasteiger partial charge in [-0.2, -0.15) is 13.2 Å². The van der Waals surface area contributed by atoms with Gasteiger partial charge in [-0.1, -0.05) is 28.9 Å². The van der Waals surface area contributed by atoms with Crippen molar-refractivity contribution in [3.05, 3.63) is 28.2 Å². The van der Waals surface area contributed by atoms with E-state index in [0.717, 1.165) is 23.0 Å². The fourth-order valence-electron chi connectivity index (χ4n) is 1.74. The second kappa shape index (κ2) is 7.88. The Kier molecular flexibility index (Phi) is 6.82. The van der Waals surface area contributed by atoms with Crippen molar-refractivity contribution in [2.45, 2.75) is 38.9 Å². The van der Waals surface area contributed by atoms with Gasteiger partial charge in [0.05, 0.1) is 13.0 Å². The first-order valence-electron chi connectivity index (χ1n) is 6.56. The summed E-state index contributed by atoms with van der Waals surface area (Å²) < 4.78 is 42.6. The zero-order chi connectivity index (χ0) is 15.2. The van der Waals surface area contributed by atoms with Crippen LogP contribution in [0, 0.1) is 0 Å². The molecule has 0 amide bonds. The molecule has 0 bridgehead atoms. The molecule has 6 heteroatoms. The molecule has 114 valence electrons. The van der Waals surface area contributed by atoms with Crippen LogP contribution in [-0.2, 0) is 0 Å². The summed E-state index contributed by atoms with van der Waals surface area (Å²) in [6.07, 6.45) is -4.15. The van der Waals surface area contributed by atoms with Gasteiger partial charge in [-0.3, -0.25) is 0 Å². The highest BCUT2D eigenvalue weighted by Crippen LogP contribution is 2.29. The van der Waals surface area contributed by atoms with Gasteiger partial charge in [0.2, 0.25) is 0 Å². The molecular weight excluding hydrogens is 335 g/mol. The van der Waals surface area contributed by atoms with Crippen molar-refractivity contribution in [1.29, 1.82) is 0 Å². The number of rotatable bonds is 7. The van der Waals surface area contributed by atoms with E-state index in [-0.39, 0.29) is 12.6 Å². The summed E-state index contributed by atoms with van der Waals surface area (Å²) in [7, 11) is 0. The van der Waals surface area contributed by atoms with Crippen molar-refractivity contribution in [2.24, 2.45) is 0 Å². The van der Waals surface area contributed by atoms with Gasteiger partial charge >= 0.3 is 6.18 Å². The smallest absolute Gasteiger partial charge is 0.392 e. The van der Waals surface area contributed by atoms with Crippen LogP contribution in [0.25, 0.3) is 0 Å². The van der Waals surface area contributed by atoms with E-state index in [2.05, 4.69) is 28.2 Å². The topological polar surface area (TPSA) is 21.3 Å². The lowest BCUT2D eigenvalue weighted by Crippen LogP contribution is -2.20. The highest BCUT2D eigenvalue weighted by atomic mass is 79.9. The number of ether oxygens (including phenoxy) is 1. The molecule has 0 saturated heterocycles. The summed E-state index contributed by atoms with van der Waals surface area (Å²) in [5.41, 5.74) is 0.865. The number of hydrogen-bond donors (Lipinski definition) is 1. The van der Waals surface area contributed by atoms with E-state index in [0.29, 0.717) is 5.75 Å². The summed E-state index contributed by atoms with van der Waals surface area (Å²) in [4.78, 5) is 0. The van der Waals surface area contributed by atoms with Crippen molar-refractivity contribution in [3.8, 4) is 5.75 Å². The first kappa shape index (κ1) is 17.3. The molecule has 0 spiro atoms. The fraction of sp³-hybridized carbons (Fsp3) is 0.571. The van der Waals surface area contributed by atoms with E-state index < -0.39 is 12.6 Å². The number of nitrogens with one attached hydrogen (secondary N) is 1. The Morgan fingerprint density at radius 2 is 2.05 bits per heavy atom. The fourth-order valence-corrected chi connectivity index (χ4v) is 2.08. The summed E-state index contributed by atoms with van der Waals surface area (Å²) in [5.74, 6) is 0.486. The second-order valence-electron chi connectivity index (χ2n) is 4.57. The predicted molar refractivity (Wildman–Crippen MR) is 77.0 cm³/mol. The lowest BCUT2D eigenvalue weighted by molar-refractivity contribution is -0.139. The summed E-state index contributed by atoms with van der Waals surface area (Å²) in [6, 6.07) is 5.45. The normalized spacial score (nSPS) is 13.3. The number of hydrogen-bond acceptors (Lipinski definition) is 2. The highest BCUT2D eigenvalue weighted by molar-refractivity contribution is 9.10. The molecule has 1 atom stereocenters. The zero-order valence-corrected chi connectivity index (χ0v) is 13.1. The molecule has 0 saturated carbocycles. The van der Waals surface area contributed by atoms with Gasteiger partial charge in [-0.05, 0) is 32.0 Å². The molecule has 0 aliphatic rings. The zero-order valence-electron chi connectivity index (χ0n) is 11.6. The molecule has 1 unspecified atom stereocenters. The summed E-state index contributed by atoms with van der Waals surface area (Å²) in [5, 5.41) is 3.30. The lowest BCUT2D eigenvalue weighted by atomic mass is 10.1. The minimum atomic E-state index is -4.20. The third kappa shape index (κ3) is 6.13. The summed E-state index contributed by atoms with van der Waals surface area (Å²) in [6.45, 7) is 4.50. The highest BCUT2D eigenvalue weighted by Gasteiger charge is 2.27. The van der Waals surface area contributed by atoms with Crippen LogP contribution >= 0.6 is 15.9 Å².